The minimum absolute atomic E-state index is 0.00903. The summed E-state index contributed by atoms with van der Waals surface area (Å²) in [5.41, 5.74) is 2.35. The van der Waals surface area contributed by atoms with Crippen LogP contribution in [0, 0.1) is 0 Å². The van der Waals surface area contributed by atoms with Gasteiger partial charge in [0.1, 0.15) is 0 Å². The number of carbonyl (C=O) groups excluding carboxylic acids is 2. The van der Waals surface area contributed by atoms with E-state index in [4.69, 9.17) is 0 Å². The van der Waals surface area contributed by atoms with Gasteiger partial charge in [-0.15, -0.1) is 0 Å². The lowest BCUT2D eigenvalue weighted by Crippen LogP contribution is -2.28. The maximum Gasteiger partial charge on any atom is 0.226 e. The number of benzene rings is 1. The Morgan fingerprint density at radius 3 is 2.80 bits per heavy atom. The first-order chi connectivity index (χ1) is 9.68. The van der Waals surface area contributed by atoms with Crippen molar-refractivity contribution >= 4 is 17.5 Å². The Morgan fingerprint density at radius 2 is 2.00 bits per heavy atom. The molecule has 0 unspecified atom stereocenters. The zero-order valence-corrected chi connectivity index (χ0v) is 12.0. The highest BCUT2D eigenvalue weighted by Crippen LogP contribution is 2.28. The molecule has 20 heavy (non-hydrogen) atoms. The molecule has 1 heterocycles. The van der Waals surface area contributed by atoms with E-state index in [1.54, 1.807) is 0 Å². The molecule has 0 saturated heterocycles. The Bertz CT molecular complexity index is 485. The number of nitrogens with one attached hydrogen (secondary N) is 1. The van der Waals surface area contributed by atoms with E-state index in [0.29, 0.717) is 13.0 Å². The van der Waals surface area contributed by atoms with E-state index < -0.39 is 0 Å². The summed E-state index contributed by atoms with van der Waals surface area (Å²) in [6.07, 6.45) is 4.35. The molecule has 0 saturated carbocycles. The van der Waals surface area contributed by atoms with Crippen LogP contribution in [0.15, 0.2) is 24.3 Å². The minimum atomic E-state index is 0.00903. The molecule has 0 radical (unpaired) electrons. The van der Waals surface area contributed by atoms with Gasteiger partial charge in [0.15, 0.2) is 0 Å². The first-order valence-corrected chi connectivity index (χ1v) is 7.31. The van der Waals surface area contributed by atoms with Crippen molar-refractivity contribution in [3.8, 4) is 0 Å². The molecule has 108 valence electrons. The summed E-state index contributed by atoms with van der Waals surface area (Å²) < 4.78 is 0. The van der Waals surface area contributed by atoms with Crippen LogP contribution in [0.1, 0.15) is 38.2 Å². The maximum absolute atomic E-state index is 12.2. The minimum Gasteiger partial charge on any atom is -0.356 e. The zero-order chi connectivity index (χ0) is 14.4. The molecule has 0 fully saturated rings. The maximum atomic E-state index is 12.2. The Labute approximate surface area is 120 Å². The first-order valence-electron chi connectivity index (χ1n) is 7.31. The lowest BCUT2D eigenvalue weighted by atomic mass is 10.1. The third kappa shape index (κ3) is 3.83. The summed E-state index contributed by atoms with van der Waals surface area (Å²) in [7, 11) is 0. The molecule has 0 atom stereocenters. The average molecular weight is 274 g/mol. The third-order valence-corrected chi connectivity index (χ3v) is 3.63. The molecule has 2 amide bonds. The Hall–Kier alpha value is -1.84. The van der Waals surface area contributed by atoms with Crippen molar-refractivity contribution in [2.45, 2.75) is 39.0 Å². The summed E-state index contributed by atoms with van der Waals surface area (Å²) in [4.78, 5) is 24.8. The first kappa shape index (κ1) is 14.6. The fraction of sp³-hybridized carbons (Fsp3) is 0.500. The van der Waals surface area contributed by atoms with E-state index in [0.717, 1.165) is 37.9 Å². The van der Waals surface area contributed by atoms with Crippen LogP contribution in [-0.4, -0.2) is 24.9 Å². The SMILES string of the molecule is CC(=O)NCCCCCC(=O)N1CCc2ccccc21. The van der Waals surface area contributed by atoms with Gasteiger partial charge in [0.2, 0.25) is 11.8 Å². The molecular formula is C16H22N2O2. The smallest absolute Gasteiger partial charge is 0.226 e. The normalized spacial score (nSPS) is 13.2. The molecule has 0 bridgehead atoms. The second kappa shape index (κ2) is 7.08. The van der Waals surface area contributed by atoms with E-state index >= 15 is 0 Å². The molecule has 0 spiro atoms. The van der Waals surface area contributed by atoms with Gasteiger partial charge in [-0.2, -0.15) is 0 Å². The number of hydrogen-bond acceptors (Lipinski definition) is 2. The molecule has 4 heteroatoms. The fourth-order valence-corrected chi connectivity index (χ4v) is 2.57. The molecule has 1 N–H and O–H groups in total. The van der Waals surface area contributed by atoms with Crippen LogP contribution < -0.4 is 10.2 Å². The number of para-hydroxylation sites is 1. The van der Waals surface area contributed by atoms with Gasteiger partial charge in [0.05, 0.1) is 0 Å². The lowest BCUT2D eigenvalue weighted by Gasteiger charge is -2.17. The lowest BCUT2D eigenvalue weighted by molar-refractivity contribution is -0.119. The van der Waals surface area contributed by atoms with Crippen LogP contribution in [-0.2, 0) is 16.0 Å². The van der Waals surface area contributed by atoms with Gasteiger partial charge in [-0.05, 0) is 30.9 Å². The summed E-state index contributed by atoms with van der Waals surface area (Å²) in [6.45, 7) is 3.04. The van der Waals surface area contributed by atoms with Gasteiger partial charge < -0.3 is 10.2 Å². The number of unbranched alkanes of at least 4 members (excludes halogenated alkanes) is 2. The topological polar surface area (TPSA) is 49.4 Å². The predicted octanol–water partition coefficient (Wildman–Crippen LogP) is 2.27. The molecule has 1 aromatic rings. The van der Waals surface area contributed by atoms with Crippen LogP contribution in [0.4, 0.5) is 5.69 Å². The quantitative estimate of drug-likeness (QED) is 0.809. The standard InChI is InChI=1S/C16H22N2O2/c1-13(19)17-11-6-2-3-9-16(20)18-12-10-14-7-4-5-8-15(14)18/h4-5,7-8H,2-3,6,9-12H2,1H3,(H,17,19). The van der Waals surface area contributed by atoms with Crippen molar-refractivity contribution in [2.24, 2.45) is 0 Å². The van der Waals surface area contributed by atoms with Crippen molar-refractivity contribution < 1.29 is 9.59 Å². The zero-order valence-electron chi connectivity index (χ0n) is 12.0. The Morgan fingerprint density at radius 1 is 1.20 bits per heavy atom. The highest BCUT2D eigenvalue weighted by Gasteiger charge is 2.23. The van der Waals surface area contributed by atoms with Crippen molar-refractivity contribution in [3.05, 3.63) is 29.8 Å². The van der Waals surface area contributed by atoms with E-state index in [1.807, 2.05) is 23.1 Å². The van der Waals surface area contributed by atoms with Gasteiger partial charge >= 0.3 is 0 Å². The molecular weight excluding hydrogens is 252 g/mol. The number of nitrogens with zero attached hydrogens (tertiary/aromatic N) is 1. The van der Waals surface area contributed by atoms with E-state index in [9.17, 15) is 9.59 Å². The van der Waals surface area contributed by atoms with Gasteiger partial charge in [0, 0.05) is 32.1 Å². The summed E-state index contributed by atoms with van der Waals surface area (Å²) in [6, 6.07) is 8.12. The Kier molecular flexibility index (Phi) is 5.16. The molecule has 0 aromatic heterocycles. The summed E-state index contributed by atoms with van der Waals surface area (Å²) >= 11 is 0. The summed E-state index contributed by atoms with van der Waals surface area (Å²) in [5, 5.41) is 2.77. The van der Waals surface area contributed by atoms with Gasteiger partial charge in [-0.1, -0.05) is 24.6 Å². The summed E-state index contributed by atoms with van der Waals surface area (Å²) in [5.74, 6) is 0.226. The molecule has 1 aliphatic heterocycles. The molecule has 1 aromatic carbocycles. The second-order valence-corrected chi connectivity index (χ2v) is 5.22. The second-order valence-electron chi connectivity index (χ2n) is 5.22. The third-order valence-electron chi connectivity index (χ3n) is 3.63. The number of anilines is 1. The number of hydrogen-bond donors (Lipinski definition) is 1. The Balaban J connectivity index is 1.70. The van der Waals surface area contributed by atoms with E-state index in [2.05, 4.69) is 11.4 Å². The molecule has 2 rings (SSSR count). The van der Waals surface area contributed by atoms with Crippen molar-refractivity contribution in [3.63, 3.8) is 0 Å². The van der Waals surface area contributed by atoms with Crippen LogP contribution >= 0.6 is 0 Å². The highest BCUT2D eigenvalue weighted by atomic mass is 16.2. The number of rotatable bonds is 6. The number of amides is 2. The van der Waals surface area contributed by atoms with Crippen molar-refractivity contribution in [1.82, 2.24) is 5.32 Å². The number of fused-ring (bicyclic) bond motifs is 1. The molecule has 1 aliphatic rings. The van der Waals surface area contributed by atoms with Crippen LogP contribution in [0.3, 0.4) is 0 Å². The molecule has 4 nitrogen and oxygen atoms in total. The van der Waals surface area contributed by atoms with Crippen molar-refractivity contribution in [2.75, 3.05) is 18.0 Å². The average Bonchev–Trinajstić information content (AvgIpc) is 2.86. The van der Waals surface area contributed by atoms with Crippen molar-refractivity contribution in [1.29, 1.82) is 0 Å². The van der Waals surface area contributed by atoms with Gasteiger partial charge in [-0.25, -0.2) is 0 Å². The molecule has 0 aliphatic carbocycles. The van der Waals surface area contributed by atoms with E-state index in [-0.39, 0.29) is 11.8 Å². The van der Waals surface area contributed by atoms with Crippen LogP contribution in [0.25, 0.3) is 0 Å². The van der Waals surface area contributed by atoms with Crippen LogP contribution in [0.2, 0.25) is 0 Å². The van der Waals surface area contributed by atoms with Gasteiger partial charge in [0.25, 0.3) is 0 Å². The predicted molar refractivity (Wildman–Crippen MR) is 79.7 cm³/mol. The van der Waals surface area contributed by atoms with Gasteiger partial charge in [-0.3, -0.25) is 9.59 Å². The number of carbonyl (C=O) groups is 2. The monoisotopic (exact) mass is 274 g/mol. The van der Waals surface area contributed by atoms with E-state index in [1.165, 1.54) is 12.5 Å². The van der Waals surface area contributed by atoms with Crippen LogP contribution in [0.5, 0.6) is 0 Å². The largest absolute Gasteiger partial charge is 0.356 e. The highest BCUT2D eigenvalue weighted by molar-refractivity contribution is 5.95. The fourth-order valence-electron chi connectivity index (χ4n) is 2.57.